The number of nitrogens with one attached hydrogen (secondary N) is 1. The van der Waals surface area contributed by atoms with Crippen molar-refractivity contribution in [1.29, 1.82) is 0 Å². The molecule has 194 valence electrons. The molecule has 0 saturated carbocycles. The van der Waals surface area contributed by atoms with E-state index in [-0.39, 0.29) is 6.17 Å². The van der Waals surface area contributed by atoms with Gasteiger partial charge in [0.25, 0.3) is 0 Å². The predicted octanol–water partition coefficient (Wildman–Crippen LogP) is 8.90. The summed E-state index contributed by atoms with van der Waals surface area (Å²) in [4.78, 5) is 10.4. The van der Waals surface area contributed by atoms with E-state index >= 15 is 0 Å². The molecule has 1 unspecified atom stereocenters. The highest BCUT2D eigenvalue weighted by Gasteiger charge is 2.25. The molecule has 6 aromatic carbocycles. The Morgan fingerprint density at radius 2 is 1.27 bits per heavy atom. The number of hydrogen-bond acceptors (Lipinski definition) is 4. The second kappa shape index (κ2) is 9.61. The summed E-state index contributed by atoms with van der Waals surface area (Å²) < 4.78 is 6.41. The first kappa shape index (κ1) is 23.4. The second-order valence-corrected chi connectivity index (χ2v) is 10.3. The zero-order valence-electron chi connectivity index (χ0n) is 22.2. The molecule has 1 N–H and O–H groups in total. The molecule has 1 aliphatic heterocycles. The molecular formula is C37H25N3O. The van der Waals surface area contributed by atoms with Crippen molar-refractivity contribution >= 4 is 44.4 Å². The lowest BCUT2D eigenvalue weighted by molar-refractivity contribution is 0.668. The van der Waals surface area contributed by atoms with Crippen LogP contribution in [0.4, 0.5) is 0 Å². The van der Waals surface area contributed by atoms with Crippen molar-refractivity contribution in [2.45, 2.75) is 6.17 Å². The molecule has 0 spiro atoms. The van der Waals surface area contributed by atoms with Crippen molar-refractivity contribution < 1.29 is 4.42 Å². The van der Waals surface area contributed by atoms with E-state index in [1.54, 1.807) is 0 Å². The molecule has 0 bridgehead atoms. The molecule has 0 aliphatic carbocycles. The number of fused-ring (bicyclic) bond motifs is 4. The maximum Gasteiger partial charge on any atom is 0.160 e. The van der Waals surface area contributed by atoms with Gasteiger partial charge in [-0.25, -0.2) is 9.98 Å². The molecule has 1 atom stereocenters. The van der Waals surface area contributed by atoms with Gasteiger partial charge in [-0.05, 0) is 45.7 Å². The van der Waals surface area contributed by atoms with Crippen molar-refractivity contribution in [2.24, 2.45) is 9.98 Å². The Balaban J connectivity index is 1.40. The topological polar surface area (TPSA) is 49.9 Å². The lowest BCUT2D eigenvalue weighted by Crippen LogP contribution is -2.33. The summed E-state index contributed by atoms with van der Waals surface area (Å²) in [7, 11) is 0. The fraction of sp³-hybridized carbons (Fsp3) is 0.0270. The lowest BCUT2D eigenvalue weighted by Gasteiger charge is -2.24. The summed E-state index contributed by atoms with van der Waals surface area (Å²) in [6, 6.07) is 48.0. The number of amidine groups is 2. The predicted molar refractivity (Wildman–Crippen MR) is 168 cm³/mol. The van der Waals surface area contributed by atoms with Gasteiger partial charge in [-0.1, -0.05) is 121 Å². The maximum absolute atomic E-state index is 6.41. The molecule has 7 aromatic rings. The summed E-state index contributed by atoms with van der Waals surface area (Å²) in [5, 5.41) is 8.07. The smallest absolute Gasteiger partial charge is 0.160 e. The van der Waals surface area contributed by atoms with Crippen LogP contribution >= 0.6 is 0 Å². The normalized spacial score (nSPS) is 15.1. The van der Waals surface area contributed by atoms with Crippen LogP contribution in [0.5, 0.6) is 0 Å². The molecular weight excluding hydrogens is 502 g/mol. The van der Waals surface area contributed by atoms with Crippen LogP contribution in [0.25, 0.3) is 43.8 Å². The molecule has 4 heteroatoms. The third-order valence-corrected chi connectivity index (χ3v) is 7.73. The van der Waals surface area contributed by atoms with Gasteiger partial charge >= 0.3 is 0 Å². The van der Waals surface area contributed by atoms with Gasteiger partial charge in [-0.3, -0.25) is 0 Å². The van der Waals surface area contributed by atoms with Crippen molar-refractivity contribution in [3.8, 4) is 11.1 Å². The van der Waals surface area contributed by atoms with Crippen LogP contribution in [0, 0.1) is 0 Å². The Hall–Kier alpha value is -5.48. The fourth-order valence-corrected chi connectivity index (χ4v) is 5.77. The number of nitrogens with zero attached hydrogens (tertiary/aromatic N) is 2. The third kappa shape index (κ3) is 4.09. The summed E-state index contributed by atoms with van der Waals surface area (Å²) in [5.41, 5.74) is 6.95. The monoisotopic (exact) mass is 527 g/mol. The summed E-state index contributed by atoms with van der Waals surface area (Å²) in [6.07, 6.45) is -0.300. The first-order chi connectivity index (χ1) is 20.3. The van der Waals surface area contributed by atoms with E-state index in [1.165, 1.54) is 0 Å². The Labute approximate surface area is 237 Å². The zero-order valence-corrected chi connectivity index (χ0v) is 22.2. The van der Waals surface area contributed by atoms with Gasteiger partial charge in [0.1, 0.15) is 23.2 Å². The van der Waals surface area contributed by atoms with E-state index in [0.29, 0.717) is 5.84 Å². The average Bonchev–Trinajstić information content (AvgIpc) is 3.43. The minimum absolute atomic E-state index is 0.300. The van der Waals surface area contributed by atoms with E-state index in [0.717, 1.165) is 66.4 Å². The van der Waals surface area contributed by atoms with Gasteiger partial charge in [0, 0.05) is 21.9 Å². The van der Waals surface area contributed by atoms with E-state index in [9.17, 15) is 0 Å². The highest BCUT2D eigenvalue weighted by atomic mass is 16.3. The van der Waals surface area contributed by atoms with Crippen LogP contribution in [0.2, 0.25) is 0 Å². The largest absolute Gasteiger partial charge is 0.456 e. The van der Waals surface area contributed by atoms with Gasteiger partial charge in [-0.2, -0.15) is 0 Å². The van der Waals surface area contributed by atoms with Crippen LogP contribution in [0.15, 0.2) is 154 Å². The number of hydrogen-bond donors (Lipinski definition) is 1. The molecule has 1 aliphatic rings. The van der Waals surface area contributed by atoms with Crippen LogP contribution in [-0.2, 0) is 0 Å². The summed E-state index contributed by atoms with van der Waals surface area (Å²) >= 11 is 0. The molecule has 4 nitrogen and oxygen atoms in total. The van der Waals surface area contributed by atoms with Gasteiger partial charge in [-0.15, -0.1) is 0 Å². The molecule has 2 heterocycles. The Morgan fingerprint density at radius 3 is 2.12 bits per heavy atom. The first-order valence-corrected chi connectivity index (χ1v) is 13.8. The van der Waals surface area contributed by atoms with E-state index in [1.807, 2.05) is 36.4 Å². The van der Waals surface area contributed by atoms with Gasteiger partial charge in [0.05, 0.1) is 0 Å². The van der Waals surface area contributed by atoms with Crippen molar-refractivity contribution in [3.05, 3.63) is 156 Å². The highest BCUT2D eigenvalue weighted by molar-refractivity contribution is 6.23. The first-order valence-electron chi connectivity index (χ1n) is 13.8. The highest BCUT2D eigenvalue weighted by Crippen LogP contribution is 2.36. The van der Waals surface area contributed by atoms with Gasteiger partial charge < -0.3 is 9.73 Å². The molecule has 0 saturated heterocycles. The molecule has 8 rings (SSSR count). The van der Waals surface area contributed by atoms with Crippen molar-refractivity contribution in [2.75, 3.05) is 0 Å². The Bertz CT molecular complexity index is 2120. The van der Waals surface area contributed by atoms with E-state index in [2.05, 4.69) is 108 Å². The summed E-state index contributed by atoms with van der Waals surface area (Å²) in [5.74, 6) is 1.47. The quantitative estimate of drug-likeness (QED) is 0.248. The van der Waals surface area contributed by atoms with Gasteiger partial charge in [0.2, 0.25) is 0 Å². The number of aliphatic imine (C=N–C) groups is 2. The summed E-state index contributed by atoms with van der Waals surface area (Å²) in [6.45, 7) is 0. The van der Waals surface area contributed by atoms with E-state index < -0.39 is 0 Å². The third-order valence-electron chi connectivity index (χ3n) is 7.73. The zero-order chi connectivity index (χ0) is 27.2. The maximum atomic E-state index is 6.41. The lowest BCUT2D eigenvalue weighted by atomic mass is 9.97. The molecule has 1 aromatic heterocycles. The Morgan fingerprint density at radius 1 is 0.561 bits per heavy atom. The average molecular weight is 528 g/mol. The number of benzene rings is 6. The standard InChI is InChI=1S/C37H25N3O/c1-3-12-24(13-4-1)27-22-31(34-30-19-9-10-21-32(30)41-33(34)23-27)37-39-35(26-15-5-2-6-16-26)38-36(40-37)29-20-11-17-25-14-7-8-18-28(25)29/h1-23,35H,(H,38,39,40). The van der Waals surface area contributed by atoms with Gasteiger partial charge in [0.15, 0.2) is 5.84 Å². The van der Waals surface area contributed by atoms with Crippen LogP contribution in [-0.4, -0.2) is 11.7 Å². The fourth-order valence-electron chi connectivity index (χ4n) is 5.77. The minimum atomic E-state index is -0.300. The number of para-hydroxylation sites is 1. The molecule has 0 radical (unpaired) electrons. The van der Waals surface area contributed by atoms with Crippen LogP contribution < -0.4 is 5.32 Å². The van der Waals surface area contributed by atoms with E-state index in [4.69, 9.17) is 14.4 Å². The second-order valence-electron chi connectivity index (χ2n) is 10.3. The molecule has 0 amide bonds. The molecule has 41 heavy (non-hydrogen) atoms. The van der Waals surface area contributed by atoms with Crippen molar-refractivity contribution in [3.63, 3.8) is 0 Å². The minimum Gasteiger partial charge on any atom is -0.456 e. The van der Waals surface area contributed by atoms with Crippen molar-refractivity contribution in [1.82, 2.24) is 5.32 Å². The van der Waals surface area contributed by atoms with Crippen LogP contribution in [0.1, 0.15) is 22.9 Å². The van der Waals surface area contributed by atoms with Crippen LogP contribution in [0.3, 0.4) is 0 Å². The molecule has 0 fully saturated rings. The number of furan rings is 1. The SMILES string of the molecule is c1ccc(-c2cc(C3=NC(c4cccc5ccccc45)=NC(c4ccccc4)N3)c3c(c2)oc2ccccc23)cc1. The Kier molecular flexibility index (Phi) is 5.49. The number of rotatable bonds is 4.